The van der Waals surface area contributed by atoms with E-state index in [-0.39, 0.29) is 10.7 Å². The standard InChI is InChI=1S/C26H32O3P/c1-25(2,3)23-20(18-13-9-7-10-14-18)17-21(30(27,28)29)24(26(4,5)6)22(23)19-15-11-8-12-16-19/h7-17,27-29H,1-6H3/q+1. The smallest absolute Gasteiger partial charge is 0.189 e. The summed E-state index contributed by atoms with van der Waals surface area (Å²) in [7, 11) is -4.27. The molecule has 0 unspecified atom stereocenters. The van der Waals surface area contributed by atoms with E-state index in [0.29, 0.717) is 0 Å². The van der Waals surface area contributed by atoms with Crippen molar-refractivity contribution in [2.24, 2.45) is 0 Å². The van der Waals surface area contributed by atoms with Crippen LogP contribution in [0.15, 0.2) is 66.7 Å². The lowest BCUT2D eigenvalue weighted by Crippen LogP contribution is -2.30. The van der Waals surface area contributed by atoms with Gasteiger partial charge in [-0.3, -0.25) is 0 Å². The Hall–Kier alpha value is -2.03. The summed E-state index contributed by atoms with van der Waals surface area (Å²) in [5.74, 6) is 0. The van der Waals surface area contributed by atoms with Crippen LogP contribution in [0.4, 0.5) is 0 Å². The van der Waals surface area contributed by atoms with Crippen LogP contribution < -0.4 is 5.30 Å². The van der Waals surface area contributed by atoms with Crippen molar-refractivity contribution in [1.82, 2.24) is 0 Å². The van der Waals surface area contributed by atoms with E-state index in [4.69, 9.17) is 0 Å². The van der Waals surface area contributed by atoms with E-state index in [1.807, 2.05) is 81.4 Å². The molecule has 0 saturated carbocycles. The highest BCUT2D eigenvalue weighted by atomic mass is 31.2. The Morgan fingerprint density at radius 3 is 1.43 bits per heavy atom. The SMILES string of the molecule is CC(C)(C)c1c(-c2ccccc2)cc([P+](O)(O)O)c(C(C)(C)C)c1-c1ccccc1. The minimum Gasteiger partial charge on any atom is -0.189 e. The zero-order valence-electron chi connectivity index (χ0n) is 18.6. The molecule has 0 aromatic heterocycles. The molecular formula is C26H32O3P+. The molecule has 158 valence electrons. The van der Waals surface area contributed by atoms with Crippen LogP contribution in [0.5, 0.6) is 0 Å². The second-order valence-electron chi connectivity index (χ2n) is 9.87. The fraction of sp³-hybridized carbons (Fsp3) is 0.308. The van der Waals surface area contributed by atoms with Crippen LogP contribution in [0.2, 0.25) is 0 Å². The van der Waals surface area contributed by atoms with Crippen molar-refractivity contribution in [2.45, 2.75) is 52.4 Å². The van der Waals surface area contributed by atoms with E-state index in [1.54, 1.807) is 6.07 Å². The summed E-state index contributed by atoms with van der Waals surface area (Å²) >= 11 is 0. The summed E-state index contributed by atoms with van der Waals surface area (Å²) in [6.07, 6.45) is 0. The largest absolute Gasteiger partial charge is 0.441 e. The summed E-state index contributed by atoms with van der Waals surface area (Å²) in [4.78, 5) is 31.5. The molecule has 30 heavy (non-hydrogen) atoms. The predicted molar refractivity (Wildman–Crippen MR) is 128 cm³/mol. The Balaban J connectivity index is 2.63. The van der Waals surface area contributed by atoms with Gasteiger partial charge in [0.15, 0.2) is 5.30 Å². The minimum absolute atomic E-state index is 0.223. The van der Waals surface area contributed by atoms with E-state index < -0.39 is 13.4 Å². The summed E-state index contributed by atoms with van der Waals surface area (Å²) in [6.45, 7) is 12.7. The molecule has 0 bridgehead atoms. The molecule has 3 nitrogen and oxygen atoms in total. The van der Waals surface area contributed by atoms with Gasteiger partial charge in [-0.15, -0.1) is 0 Å². The molecule has 3 aromatic carbocycles. The highest BCUT2D eigenvalue weighted by molar-refractivity contribution is 7.66. The molecule has 3 N–H and O–H groups in total. The topological polar surface area (TPSA) is 60.7 Å². The van der Waals surface area contributed by atoms with Crippen LogP contribution >= 0.6 is 7.94 Å². The normalized spacial score (nSPS) is 12.8. The molecule has 0 aliphatic heterocycles. The minimum atomic E-state index is -4.27. The van der Waals surface area contributed by atoms with Crippen molar-refractivity contribution in [2.75, 3.05) is 0 Å². The highest BCUT2D eigenvalue weighted by Crippen LogP contribution is 2.52. The Bertz CT molecular complexity index is 1020. The molecule has 0 spiro atoms. The zero-order chi connectivity index (χ0) is 22.3. The second kappa shape index (κ2) is 7.90. The predicted octanol–water partition coefficient (Wildman–Crippen LogP) is 5.98. The molecule has 0 aliphatic carbocycles. The molecule has 4 heteroatoms. The van der Waals surface area contributed by atoms with Crippen LogP contribution in [-0.2, 0) is 10.8 Å². The maximum atomic E-state index is 10.5. The molecule has 0 heterocycles. The molecule has 3 aromatic rings. The van der Waals surface area contributed by atoms with Gasteiger partial charge in [0.1, 0.15) is 0 Å². The van der Waals surface area contributed by atoms with E-state index >= 15 is 0 Å². The molecule has 0 amide bonds. The van der Waals surface area contributed by atoms with E-state index in [1.165, 1.54) is 0 Å². The highest BCUT2D eigenvalue weighted by Gasteiger charge is 2.44. The Morgan fingerprint density at radius 1 is 0.600 bits per heavy atom. The van der Waals surface area contributed by atoms with Crippen LogP contribution in [0.25, 0.3) is 22.3 Å². The molecule has 0 saturated heterocycles. The third-order valence-corrected chi connectivity index (χ3v) is 6.28. The van der Waals surface area contributed by atoms with E-state index in [2.05, 4.69) is 20.8 Å². The monoisotopic (exact) mass is 423 g/mol. The average molecular weight is 424 g/mol. The molecule has 0 atom stereocenters. The Kier molecular flexibility index (Phi) is 5.97. The maximum Gasteiger partial charge on any atom is 0.441 e. The molecule has 0 radical (unpaired) electrons. The van der Waals surface area contributed by atoms with Gasteiger partial charge in [-0.1, -0.05) is 102 Å². The van der Waals surface area contributed by atoms with Crippen molar-refractivity contribution in [3.8, 4) is 22.3 Å². The summed E-state index contributed by atoms with van der Waals surface area (Å²) in [6, 6.07) is 21.8. The zero-order valence-corrected chi connectivity index (χ0v) is 19.5. The average Bonchev–Trinajstić information content (AvgIpc) is 2.65. The van der Waals surface area contributed by atoms with E-state index in [0.717, 1.165) is 33.4 Å². The van der Waals surface area contributed by atoms with Crippen molar-refractivity contribution in [3.05, 3.63) is 77.9 Å². The van der Waals surface area contributed by atoms with Gasteiger partial charge in [0, 0.05) is 5.56 Å². The fourth-order valence-electron chi connectivity index (χ4n) is 4.18. The molecule has 0 fully saturated rings. The molecule has 3 rings (SSSR count). The number of hydrogen-bond acceptors (Lipinski definition) is 3. The first-order valence-corrected chi connectivity index (χ1v) is 11.9. The van der Waals surface area contributed by atoms with Gasteiger partial charge in [-0.2, -0.15) is 14.7 Å². The van der Waals surface area contributed by atoms with Gasteiger partial charge in [0.2, 0.25) is 0 Å². The van der Waals surface area contributed by atoms with Crippen molar-refractivity contribution in [3.63, 3.8) is 0 Å². The lowest BCUT2D eigenvalue weighted by atomic mass is 9.71. The van der Waals surface area contributed by atoms with Gasteiger partial charge in [0.25, 0.3) is 0 Å². The Morgan fingerprint density at radius 2 is 1.03 bits per heavy atom. The van der Waals surface area contributed by atoms with Gasteiger partial charge < -0.3 is 0 Å². The fourth-order valence-corrected chi connectivity index (χ4v) is 5.23. The third-order valence-electron chi connectivity index (χ3n) is 5.28. The number of hydrogen-bond donors (Lipinski definition) is 3. The van der Waals surface area contributed by atoms with Gasteiger partial charge in [0.05, 0.1) is 0 Å². The number of benzene rings is 3. The summed E-state index contributed by atoms with van der Waals surface area (Å²) in [5.41, 5.74) is 5.11. The van der Waals surface area contributed by atoms with Crippen LogP contribution in [0.1, 0.15) is 52.7 Å². The second-order valence-corrected chi connectivity index (χ2v) is 11.5. The first-order valence-electron chi connectivity index (χ1n) is 10.2. The quantitative estimate of drug-likeness (QED) is 0.454. The van der Waals surface area contributed by atoms with Gasteiger partial charge in [-0.25, -0.2) is 0 Å². The van der Waals surface area contributed by atoms with Crippen molar-refractivity contribution in [1.29, 1.82) is 0 Å². The van der Waals surface area contributed by atoms with Gasteiger partial charge in [-0.05, 0) is 44.7 Å². The molecule has 0 aliphatic rings. The van der Waals surface area contributed by atoms with E-state index in [9.17, 15) is 14.7 Å². The lowest BCUT2D eigenvalue weighted by Gasteiger charge is -2.34. The van der Waals surface area contributed by atoms with Crippen LogP contribution in [0, 0.1) is 0 Å². The van der Waals surface area contributed by atoms with Crippen molar-refractivity contribution < 1.29 is 14.7 Å². The lowest BCUT2D eigenvalue weighted by molar-refractivity contribution is 0.346. The summed E-state index contributed by atoms with van der Waals surface area (Å²) in [5, 5.41) is 0.223. The Labute approximate surface area is 180 Å². The van der Waals surface area contributed by atoms with Crippen LogP contribution in [-0.4, -0.2) is 14.7 Å². The van der Waals surface area contributed by atoms with Crippen molar-refractivity contribution >= 4 is 13.2 Å². The third kappa shape index (κ3) is 4.50. The first-order chi connectivity index (χ1) is 13.8. The summed E-state index contributed by atoms with van der Waals surface area (Å²) < 4.78 is 0. The first kappa shape index (κ1) is 22.7. The van der Waals surface area contributed by atoms with Gasteiger partial charge >= 0.3 is 7.94 Å². The number of rotatable bonds is 3. The molecular weight excluding hydrogens is 391 g/mol. The maximum absolute atomic E-state index is 10.5. The van der Waals surface area contributed by atoms with Crippen LogP contribution in [0.3, 0.4) is 0 Å².